The second-order valence-corrected chi connectivity index (χ2v) is 7.12. The maximum Gasteiger partial charge on any atom is 0.223 e. The van der Waals surface area contributed by atoms with Crippen molar-refractivity contribution in [1.29, 1.82) is 0 Å². The van der Waals surface area contributed by atoms with Gasteiger partial charge in [-0.2, -0.15) is 5.10 Å². The van der Waals surface area contributed by atoms with Crippen molar-refractivity contribution in [1.82, 2.24) is 14.7 Å². The zero-order valence-corrected chi connectivity index (χ0v) is 16.6. The van der Waals surface area contributed by atoms with Crippen LogP contribution in [0, 0.1) is 13.8 Å². The molecular weight excluding hydrogens is 334 g/mol. The van der Waals surface area contributed by atoms with Crippen LogP contribution in [0.4, 0.5) is 0 Å². The van der Waals surface area contributed by atoms with Gasteiger partial charge in [-0.15, -0.1) is 0 Å². The van der Waals surface area contributed by atoms with Gasteiger partial charge >= 0.3 is 0 Å². The SMILES string of the molecule is CC[C@H](C)N(Cc1cccc(Cl)c1)C(=O)CCc1c(C)nn(C)c1C. The van der Waals surface area contributed by atoms with E-state index in [-0.39, 0.29) is 11.9 Å². The van der Waals surface area contributed by atoms with E-state index < -0.39 is 0 Å². The molecule has 0 unspecified atom stereocenters. The molecule has 136 valence electrons. The third-order valence-electron chi connectivity index (χ3n) is 4.93. The van der Waals surface area contributed by atoms with Crippen LogP contribution in [-0.4, -0.2) is 26.6 Å². The Morgan fingerprint density at radius 1 is 1.36 bits per heavy atom. The molecule has 1 atom stereocenters. The molecule has 2 aromatic rings. The first-order chi connectivity index (χ1) is 11.8. The minimum Gasteiger partial charge on any atom is -0.336 e. The highest BCUT2D eigenvalue weighted by molar-refractivity contribution is 6.30. The molecule has 0 N–H and O–H groups in total. The number of aromatic nitrogens is 2. The summed E-state index contributed by atoms with van der Waals surface area (Å²) in [5.41, 5.74) is 4.39. The number of hydrogen-bond acceptors (Lipinski definition) is 2. The molecule has 0 saturated heterocycles. The third kappa shape index (κ3) is 4.85. The van der Waals surface area contributed by atoms with Gasteiger partial charge in [-0.3, -0.25) is 9.48 Å². The summed E-state index contributed by atoms with van der Waals surface area (Å²) in [6.07, 6.45) is 2.16. The molecule has 0 aliphatic heterocycles. The van der Waals surface area contributed by atoms with Gasteiger partial charge in [0.15, 0.2) is 0 Å². The van der Waals surface area contributed by atoms with Gasteiger partial charge in [0, 0.05) is 36.8 Å². The molecule has 25 heavy (non-hydrogen) atoms. The summed E-state index contributed by atoms with van der Waals surface area (Å²) in [6.45, 7) is 8.87. The zero-order valence-electron chi connectivity index (χ0n) is 15.8. The molecule has 4 nitrogen and oxygen atoms in total. The molecule has 1 amide bonds. The Morgan fingerprint density at radius 2 is 2.08 bits per heavy atom. The van der Waals surface area contributed by atoms with E-state index in [1.54, 1.807) is 0 Å². The molecule has 1 aromatic carbocycles. The predicted octanol–water partition coefficient (Wildman–Crippen LogP) is 4.45. The van der Waals surface area contributed by atoms with E-state index in [9.17, 15) is 4.79 Å². The summed E-state index contributed by atoms with van der Waals surface area (Å²) in [4.78, 5) is 14.9. The van der Waals surface area contributed by atoms with Gasteiger partial charge in [0.05, 0.1) is 5.69 Å². The average Bonchev–Trinajstić information content (AvgIpc) is 2.82. The maximum absolute atomic E-state index is 12.9. The number of amides is 1. The molecule has 0 radical (unpaired) electrons. The minimum atomic E-state index is 0.178. The Labute approximate surface area is 155 Å². The van der Waals surface area contributed by atoms with Crippen LogP contribution < -0.4 is 0 Å². The number of carbonyl (C=O) groups excluding carboxylic acids is 1. The van der Waals surface area contributed by atoms with Gasteiger partial charge in [-0.25, -0.2) is 0 Å². The first-order valence-electron chi connectivity index (χ1n) is 8.86. The van der Waals surface area contributed by atoms with Crippen molar-refractivity contribution < 1.29 is 4.79 Å². The first-order valence-corrected chi connectivity index (χ1v) is 9.24. The number of hydrogen-bond donors (Lipinski definition) is 0. The fourth-order valence-electron chi connectivity index (χ4n) is 3.10. The Balaban J connectivity index is 2.10. The van der Waals surface area contributed by atoms with Crippen molar-refractivity contribution in [3.63, 3.8) is 0 Å². The minimum absolute atomic E-state index is 0.178. The molecule has 5 heteroatoms. The Hall–Kier alpha value is -1.81. The monoisotopic (exact) mass is 361 g/mol. The van der Waals surface area contributed by atoms with Crippen LogP contribution in [0.25, 0.3) is 0 Å². The number of rotatable bonds is 7. The van der Waals surface area contributed by atoms with E-state index in [1.807, 2.05) is 47.8 Å². The molecule has 0 aliphatic carbocycles. The van der Waals surface area contributed by atoms with E-state index in [2.05, 4.69) is 25.9 Å². The zero-order chi connectivity index (χ0) is 18.6. The van der Waals surface area contributed by atoms with E-state index >= 15 is 0 Å². The smallest absolute Gasteiger partial charge is 0.223 e. The third-order valence-corrected chi connectivity index (χ3v) is 5.17. The molecule has 0 spiro atoms. The molecule has 0 saturated carbocycles. The molecule has 1 heterocycles. The van der Waals surface area contributed by atoms with Crippen molar-refractivity contribution >= 4 is 17.5 Å². The van der Waals surface area contributed by atoms with Gasteiger partial charge in [0.1, 0.15) is 0 Å². The lowest BCUT2D eigenvalue weighted by molar-refractivity contribution is -0.134. The highest BCUT2D eigenvalue weighted by atomic mass is 35.5. The molecular formula is C20H28ClN3O. The van der Waals surface area contributed by atoms with E-state index in [0.717, 1.165) is 29.8 Å². The number of benzene rings is 1. The first kappa shape index (κ1) is 19.5. The normalized spacial score (nSPS) is 12.2. The maximum atomic E-state index is 12.9. The van der Waals surface area contributed by atoms with Crippen LogP contribution >= 0.6 is 11.6 Å². The van der Waals surface area contributed by atoms with Crippen molar-refractivity contribution in [2.45, 2.75) is 59.5 Å². The quantitative estimate of drug-likeness (QED) is 0.730. The second-order valence-electron chi connectivity index (χ2n) is 6.68. The summed E-state index contributed by atoms with van der Waals surface area (Å²) in [7, 11) is 1.94. The average molecular weight is 362 g/mol. The lowest BCUT2D eigenvalue weighted by atomic mass is 10.1. The summed E-state index contributed by atoms with van der Waals surface area (Å²) in [6, 6.07) is 7.93. The number of nitrogens with zero attached hydrogens (tertiary/aromatic N) is 3. The molecule has 0 aliphatic rings. The molecule has 1 aromatic heterocycles. The fourth-order valence-corrected chi connectivity index (χ4v) is 3.31. The van der Waals surface area contributed by atoms with E-state index in [0.29, 0.717) is 18.0 Å². The van der Waals surface area contributed by atoms with Gasteiger partial charge in [0.25, 0.3) is 0 Å². The summed E-state index contributed by atoms with van der Waals surface area (Å²) in [5.74, 6) is 0.178. The Kier molecular flexibility index (Phi) is 6.65. The number of aryl methyl sites for hydroxylation is 2. The van der Waals surface area contributed by atoms with Crippen LogP contribution in [0.5, 0.6) is 0 Å². The van der Waals surface area contributed by atoms with Gasteiger partial charge in [-0.1, -0.05) is 30.7 Å². The number of carbonyl (C=O) groups is 1. The lowest BCUT2D eigenvalue weighted by Crippen LogP contribution is -2.38. The second kappa shape index (κ2) is 8.52. The Bertz CT molecular complexity index is 739. The predicted molar refractivity (Wildman–Crippen MR) is 103 cm³/mol. The van der Waals surface area contributed by atoms with Gasteiger partial charge in [-0.05, 0) is 56.9 Å². The standard InChI is InChI=1S/C20H28ClN3O/c1-6-14(2)24(13-17-8-7-9-18(21)12-17)20(25)11-10-19-15(3)22-23(5)16(19)4/h7-9,12,14H,6,10-11,13H2,1-5H3/t14-/m0/s1. The summed E-state index contributed by atoms with van der Waals surface area (Å²) < 4.78 is 1.88. The van der Waals surface area contributed by atoms with E-state index in [1.165, 1.54) is 5.56 Å². The van der Waals surface area contributed by atoms with E-state index in [4.69, 9.17) is 11.6 Å². The summed E-state index contributed by atoms with van der Waals surface area (Å²) in [5, 5.41) is 5.14. The van der Waals surface area contributed by atoms with Crippen molar-refractivity contribution in [3.8, 4) is 0 Å². The molecule has 0 bridgehead atoms. The van der Waals surface area contributed by atoms with Crippen LogP contribution in [0.2, 0.25) is 5.02 Å². The van der Waals surface area contributed by atoms with Crippen LogP contribution in [0.15, 0.2) is 24.3 Å². The van der Waals surface area contributed by atoms with Crippen molar-refractivity contribution in [2.75, 3.05) is 0 Å². The highest BCUT2D eigenvalue weighted by Gasteiger charge is 2.20. The van der Waals surface area contributed by atoms with Crippen molar-refractivity contribution in [3.05, 3.63) is 51.8 Å². The van der Waals surface area contributed by atoms with Crippen molar-refractivity contribution in [2.24, 2.45) is 7.05 Å². The fraction of sp³-hybridized carbons (Fsp3) is 0.500. The van der Waals surface area contributed by atoms with Gasteiger partial charge < -0.3 is 4.90 Å². The van der Waals surface area contributed by atoms with Gasteiger partial charge in [0.2, 0.25) is 5.91 Å². The highest BCUT2D eigenvalue weighted by Crippen LogP contribution is 2.19. The topological polar surface area (TPSA) is 38.1 Å². The largest absolute Gasteiger partial charge is 0.336 e. The lowest BCUT2D eigenvalue weighted by Gasteiger charge is -2.29. The molecule has 0 fully saturated rings. The number of halogens is 1. The summed E-state index contributed by atoms with van der Waals surface area (Å²) >= 11 is 6.09. The Morgan fingerprint density at radius 3 is 2.64 bits per heavy atom. The molecule has 2 rings (SSSR count). The van der Waals surface area contributed by atoms with Crippen LogP contribution in [0.3, 0.4) is 0 Å². The van der Waals surface area contributed by atoms with Crippen LogP contribution in [-0.2, 0) is 24.8 Å². The van der Waals surface area contributed by atoms with Crippen LogP contribution in [0.1, 0.15) is 49.2 Å².